The predicted molar refractivity (Wildman–Crippen MR) is 376 cm³/mol. The number of nitrogens with zero attached hydrogens (tertiary/aromatic N) is 3. The van der Waals surface area contributed by atoms with E-state index in [4.69, 9.17) is 29.3 Å². The lowest BCUT2D eigenvalue weighted by molar-refractivity contribution is -0.137. The molecule has 0 spiro atoms. The van der Waals surface area contributed by atoms with Crippen LogP contribution in [-0.2, 0) is 38.2 Å². The predicted octanol–water partition coefficient (Wildman–Crippen LogP) is 6.96. The van der Waals surface area contributed by atoms with Gasteiger partial charge in [-0.3, -0.25) is 43.3 Å². The summed E-state index contributed by atoms with van der Waals surface area (Å²) in [6.45, 7) is 16.1. The first-order valence-corrected chi connectivity index (χ1v) is 34.1. The van der Waals surface area contributed by atoms with Crippen molar-refractivity contribution in [1.82, 2.24) is 20.5 Å². The summed E-state index contributed by atoms with van der Waals surface area (Å²) in [4.78, 5) is 128. The summed E-state index contributed by atoms with van der Waals surface area (Å²) in [7, 11) is 1.43. The van der Waals surface area contributed by atoms with Gasteiger partial charge in [0.1, 0.15) is 22.7 Å². The SMILES string of the molecule is CO[C@H]1/C=C/O[C@@]2(C)Oc3c(C)c(O)c4c(=O)c(c5oc6cc(N7CCC(c8ccc(NC(=O)[C@H](CCCNC(N)=O)CC(=O)[C@@H](NC(=O)CCCCCN9C(=O)C=CC9=O)C(C)C)cc8)CC7)cc(=O)c6nc5c4c3=C2O)NC(=O)/C(C)=C\C=C\[C@H](C)[C@H](O)[C@@H](C)[C@@H](O)[C@@H](C)[C@H](O)[C@@H]1C. The van der Waals surface area contributed by atoms with Crippen molar-refractivity contribution in [1.29, 1.82) is 0 Å². The van der Waals surface area contributed by atoms with Gasteiger partial charge in [-0.25, -0.2) is 9.78 Å². The van der Waals surface area contributed by atoms with E-state index >= 15 is 4.79 Å². The number of hydrogen-bond donors (Lipinski definition) is 10. The number of rotatable bonds is 20. The van der Waals surface area contributed by atoms with E-state index < -0.39 is 112 Å². The standard InChI is InChI=1S/C74H92N8O18/c1-37(2)59(78-53(85)19-12-11-13-30-82-54(86)24-25-55(82)87)49(83)34-46(18-15-29-76-73(75)96)72(95)77-47-22-20-44(21-23-47)45-26-31-81(32-27-45)48-35-50(84)60-52(36-48)99-69-61(79-60)56-57-66(91)43(8)68-58(56)70(93)74(9,100-68)98-33-28-51(97-10)40(5)64(89)42(7)65(90)41(6)63(88)38(3)16-14-17-39(4)71(94)80-62(69)67(57)92/h14,16-17,20-25,28,33,35-38,40-42,45-46,51,59,63-65,88-91,93H,11-13,15,18-19,26-27,29-32,34H2,1-10H3,(H,77,95)(H,78,85)(H,80,94)(H3,75,76,96)/b16-14+,33-28+,39-17-/t38-,40+,41+,42-,46+,51-,59-,63-,64+,65+,74-/m0/s1. The average molecular weight is 1380 g/mol. The number of aromatic hydroxyl groups is 1. The van der Waals surface area contributed by atoms with Crippen LogP contribution in [-0.4, -0.2) is 146 Å². The quantitative estimate of drug-likeness (QED) is 0.0163. The van der Waals surface area contributed by atoms with Gasteiger partial charge in [0.05, 0.1) is 47.3 Å². The monoisotopic (exact) mass is 1380 g/mol. The molecule has 4 bridgehead atoms. The van der Waals surface area contributed by atoms with Crippen LogP contribution >= 0.6 is 0 Å². The van der Waals surface area contributed by atoms with Crippen LogP contribution in [0.15, 0.2) is 98.7 Å². The molecule has 0 unspecified atom stereocenters. The first-order chi connectivity index (χ1) is 47.4. The van der Waals surface area contributed by atoms with Gasteiger partial charge < -0.3 is 76.1 Å². The van der Waals surface area contributed by atoms with Crippen LogP contribution in [0.1, 0.15) is 130 Å². The number of carbonyl (C=O) groups is 7. The number of unbranched alkanes of at least 4 members (excludes halogenated alkanes) is 2. The summed E-state index contributed by atoms with van der Waals surface area (Å²) in [5, 5.41) is 69.1. The summed E-state index contributed by atoms with van der Waals surface area (Å²) >= 11 is 0. The van der Waals surface area contributed by atoms with E-state index in [1.165, 1.54) is 64.5 Å². The number of Topliss-reactive ketones (excluding diaryl/α,β-unsaturated/α-hetero) is 1. The number of phenols is 1. The Bertz CT molecular complexity index is 4270. The molecule has 4 aliphatic heterocycles. The Morgan fingerprint density at radius 3 is 2.18 bits per heavy atom. The van der Waals surface area contributed by atoms with Crippen molar-refractivity contribution in [3.8, 4) is 11.5 Å². The van der Waals surface area contributed by atoms with Gasteiger partial charge in [-0.1, -0.05) is 78.3 Å². The third-order valence-electron chi connectivity index (χ3n) is 20.0. The number of primary amides is 1. The number of aromatic nitrogens is 1. The number of nitrogens with two attached hydrogens (primary N) is 1. The van der Waals surface area contributed by atoms with Crippen molar-refractivity contribution in [2.24, 2.45) is 41.2 Å². The fourth-order valence-electron chi connectivity index (χ4n) is 13.7. The van der Waals surface area contributed by atoms with Crippen LogP contribution in [0.25, 0.3) is 38.7 Å². The molecule has 26 heteroatoms. The zero-order valence-electron chi connectivity index (χ0n) is 58.1. The number of imide groups is 1. The second-order valence-corrected chi connectivity index (χ2v) is 27.4. The molecule has 11 atom stereocenters. The van der Waals surface area contributed by atoms with E-state index in [1.807, 2.05) is 17.0 Å². The number of ether oxygens (including phenoxy) is 3. The molecule has 26 nitrogen and oxygen atoms in total. The molecule has 7 amide bonds. The molecule has 4 aliphatic rings. The summed E-state index contributed by atoms with van der Waals surface area (Å²) in [5.74, 6) is -9.61. The van der Waals surface area contributed by atoms with E-state index in [1.54, 1.807) is 71.9 Å². The van der Waals surface area contributed by atoms with Gasteiger partial charge in [0.25, 0.3) is 17.7 Å². The van der Waals surface area contributed by atoms with Crippen LogP contribution in [0, 0.1) is 42.4 Å². The third kappa shape index (κ3) is 16.2. The molecule has 1 aromatic heterocycles. The number of phenolic OH excluding ortho intramolecular Hbond substituents is 1. The van der Waals surface area contributed by atoms with Crippen LogP contribution < -0.4 is 52.7 Å². The first-order valence-electron chi connectivity index (χ1n) is 34.1. The smallest absolute Gasteiger partial charge is 0.312 e. The van der Waals surface area contributed by atoms with Gasteiger partial charge in [0, 0.05) is 135 Å². The van der Waals surface area contributed by atoms with Crippen molar-refractivity contribution in [3.05, 3.63) is 121 Å². The molecule has 1 saturated heterocycles. The number of ketones is 1. The van der Waals surface area contributed by atoms with Crippen LogP contribution in [0.2, 0.25) is 0 Å². The maximum absolute atomic E-state index is 15.1. The molecule has 1 fully saturated rings. The molecule has 5 heterocycles. The molecular formula is C74H92N8O18. The highest BCUT2D eigenvalue weighted by atomic mass is 16.7. The van der Waals surface area contributed by atoms with Crippen LogP contribution in [0.4, 0.5) is 21.9 Å². The fourth-order valence-corrected chi connectivity index (χ4v) is 13.7. The number of methoxy groups -OCH3 is 1. The number of urea groups is 1. The lowest BCUT2D eigenvalue weighted by Crippen LogP contribution is -2.45. The Labute approximate surface area is 578 Å². The molecule has 5 aromatic rings. The topological polar surface area (TPSA) is 389 Å². The molecular weight excluding hydrogens is 1290 g/mol. The number of amides is 7. The number of hydrogen-bond acceptors (Lipinski definition) is 20. The minimum Gasteiger partial charge on any atom is -0.507 e. The van der Waals surface area contributed by atoms with E-state index in [-0.39, 0.29) is 123 Å². The lowest BCUT2D eigenvalue weighted by Gasteiger charge is -2.36. The third-order valence-corrected chi connectivity index (χ3v) is 20.0. The van der Waals surface area contributed by atoms with Crippen molar-refractivity contribution in [3.63, 3.8) is 0 Å². The van der Waals surface area contributed by atoms with Gasteiger partial charge in [0.15, 0.2) is 28.2 Å². The van der Waals surface area contributed by atoms with E-state index in [9.17, 15) is 63.9 Å². The number of fused-ring (bicyclic) bond motifs is 2. The summed E-state index contributed by atoms with van der Waals surface area (Å²) in [5.41, 5.74) is 4.69. The van der Waals surface area contributed by atoms with Gasteiger partial charge in [0.2, 0.25) is 22.7 Å². The maximum Gasteiger partial charge on any atom is 0.312 e. The lowest BCUT2D eigenvalue weighted by atomic mass is 9.78. The Morgan fingerprint density at radius 2 is 1.52 bits per heavy atom. The number of benzene rings is 4. The Morgan fingerprint density at radius 1 is 0.850 bits per heavy atom. The number of aliphatic hydroxyl groups excluding tert-OH is 4. The molecule has 9 rings (SSSR count). The van der Waals surface area contributed by atoms with Gasteiger partial charge in [-0.05, 0) is 88.0 Å². The number of piperidine rings is 1. The van der Waals surface area contributed by atoms with E-state index in [2.05, 4.69) is 21.3 Å². The summed E-state index contributed by atoms with van der Waals surface area (Å²) in [6, 6.07) is 8.81. The fraction of sp³-hybridized carbons (Fsp3) is 0.486. The molecule has 100 heavy (non-hydrogen) atoms. The second kappa shape index (κ2) is 31.8. The minimum absolute atomic E-state index is 0.0178. The number of nitrogens with one attached hydrogen (secondary N) is 4. The van der Waals surface area contributed by atoms with E-state index in [0.29, 0.717) is 63.0 Å². The Balaban J connectivity index is 0.954. The van der Waals surface area contributed by atoms with Crippen LogP contribution in [0.3, 0.4) is 0 Å². The highest BCUT2D eigenvalue weighted by Crippen LogP contribution is 2.43. The highest BCUT2D eigenvalue weighted by molar-refractivity contribution is 6.17. The molecule has 4 aromatic carbocycles. The molecule has 11 N–H and O–H groups in total. The average Bonchev–Trinajstić information content (AvgIpc) is 1.38. The van der Waals surface area contributed by atoms with Gasteiger partial charge in [-0.2, -0.15) is 0 Å². The minimum atomic E-state index is -2.03. The summed E-state index contributed by atoms with van der Waals surface area (Å²) in [6.07, 6.45) is 8.90. The molecule has 536 valence electrons. The van der Waals surface area contributed by atoms with Gasteiger partial charge >= 0.3 is 11.8 Å². The van der Waals surface area contributed by atoms with Crippen LogP contribution in [0.5, 0.6) is 11.5 Å². The number of aliphatic hydroxyl groups is 4. The zero-order valence-corrected chi connectivity index (χ0v) is 58.1. The summed E-state index contributed by atoms with van der Waals surface area (Å²) < 4.78 is 24.8. The number of anilines is 3. The van der Waals surface area contributed by atoms with Crippen molar-refractivity contribution >= 4 is 97.1 Å². The Kier molecular flexibility index (Phi) is 23.8. The Hall–Kier alpha value is -9.50. The van der Waals surface area contributed by atoms with Crippen molar-refractivity contribution in [2.75, 3.05) is 48.8 Å². The van der Waals surface area contributed by atoms with Gasteiger partial charge in [-0.15, -0.1) is 0 Å². The second-order valence-electron chi connectivity index (χ2n) is 27.4. The molecule has 0 aliphatic carbocycles. The molecule has 0 saturated carbocycles. The molecule has 0 radical (unpaired) electrons. The highest BCUT2D eigenvalue weighted by Gasteiger charge is 2.44. The first kappa shape index (κ1) is 74.7. The number of allylic oxidation sites excluding steroid dienone is 2. The maximum atomic E-state index is 15.1. The largest absolute Gasteiger partial charge is 0.507 e. The number of carbonyl (C=O) groups excluding carboxylic acids is 7. The normalized spacial score (nSPS) is 25.0. The van der Waals surface area contributed by atoms with Crippen molar-refractivity contribution < 1.29 is 77.7 Å². The zero-order chi connectivity index (χ0) is 72.8. The van der Waals surface area contributed by atoms with Crippen molar-refractivity contribution in [2.45, 2.75) is 162 Å². The van der Waals surface area contributed by atoms with E-state index in [0.717, 1.165) is 10.5 Å².